The van der Waals surface area contributed by atoms with Crippen LogP contribution in [0.5, 0.6) is 0 Å². The maximum absolute atomic E-state index is 3.38. The summed E-state index contributed by atoms with van der Waals surface area (Å²) in [6, 6.07) is 9.24. The lowest BCUT2D eigenvalue weighted by Gasteiger charge is -2.24. The summed E-state index contributed by atoms with van der Waals surface area (Å²) in [5.74, 6) is 0. The van der Waals surface area contributed by atoms with Crippen LogP contribution in [0.2, 0.25) is 0 Å². The molecule has 2 nitrogen and oxygen atoms in total. The molecule has 0 aromatic heterocycles. The van der Waals surface area contributed by atoms with Crippen LogP contribution < -0.4 is 5.32 Å². The molecule has 2 heteroatoms. The van der Waals surface area contributed by atoms with Crippen LogP contribution >= 0.6 is 0 Å². The lowest BCUT2D eigenvalue weighted by Crippen LogP contribution is -2.26. The fourth-order valence-corrected chi connectivity index (χ4v) is 2.95. The molecular formula is C18H30N2. The van der Waals surface area contributed by atoms with Crippen molar-refractivity contribution in [2.75, 3.05) is 26.2 Å². The van der Waals surface area contributed by atoms with Crippen molar-refractivity contribution < 1.29 is 0 Å². The van der Waals surface area contributed by atoms with Gasteiger partial charge in [0.15, 0.2) is 0 Å². The number of benzene rings is 1. The van der Waals surface area contributed by atoms with E-state index in [-0.39, 0.29) is 0 Å². The summed E-state index contributed by atoms with van der Waals surface area (Å²) in [5.41, 5.74) is 2.92. The first-order valence-electron chi connectivity index (χ1n) is 8.39. The van der Waals surface area contributed by atoms with Crippen LogP contribution in [-0.2, 0) is 13.0 Å². The fraction of sp³-hybridized carbons (Fsp3) is 0.667. The summed E-state index contributed by atoms with van der Waals surface area (Å²) in [7, 11) is 0. The lowest BCUT2D eigenvalue weighted by molar-refractivity contribution is 0.240. The van der Waals surface area contributed by atoms with Crippen molar-refractivity contribution in [3.05, 3.63) is 35.4 Å². The van der Waals surface area contributed by atoms with E-state index in [1.54, 1.807) is 0 Å². The van der Waals surface area contributed by atoms with E-state index in [0.717, 1.165) is 26.1 Å². The minimum Gasteiger partial charge on any atom is -0.317 e. The number of hydrogen-bond donors (Lipinski definition) is 1. The molecule has 1 heterocycles. The maximum Gasteiger partial charge on any atom is 0.0233 e. The molecule has 0 spiro atoms. The number of nitrogens with one attached hydrogen (secondary N) is 1. The molecule has 1 aliphatic heterocycles. The molecule has 0 atom stereocenters. The third-order valence-corrected chi connectivity index (χ3v) is 4.22. The SMILES string of the molecule is CCNCCc1ccc(CN2CCCCCCC2)cc1. The van der Waals surface area contributed by atoms with Crippen molar-refractivity contribution in [1.82, 2.24) is 10.2 Å². The number of likely N-dealkylation sites (N-methyl/N-ethyl adjacent to an activating group) is 1. The van der Waals surface area contributed by atoms with Crippen LogP contribution in [0.3, 0.4) is 0 Å². The molecule has 0 saturated carbocycles. The van der Waals surface area contributed by atoms with Gasteiger partial charge in [0.1, 0.15) is 0 Å². The molecule has 0 radical (unpaired) electrons. The molecular weight excluding hydrogens is 244 g/mol. The molecule has 1 aromatic carbocycles. The van der Waals surface area contributed by atoms with E-state index >= 15 is 0 Å². The van der Waals surface area contributed by atoms with E-state index in [4.69, 9.17) is 0 Å². The number of rotatable bonds is 6. The molecule has 1 saturated heterocycles. The molecule has 0 amide bonds. The standard InChI is InChI=1S/C18H30N2/c1-2-19-13-12-17-8-10-18(11-9-17)16-20-14-6-4-3-5-7-15-20/h8-11,19H,2-7,12-16H2,1H3. The summed E-state index contributed by atoms with van der Waals surface area (Å²) in [6.45, 7) is 8.00. The van der Waals surface area contributed by atoms with Gasteiger partial charge in [0.05, 0.1) is 0 Å². The van der Waals surface area contributed by atoms with Gasteiger partial charge in [-0.3, -0.25) is 4.90 Å². The molecule has 1 aliphatic rings. The topological polar surface area (TPSA) is 15.3 Å². The summed E-state index contributed by atoms with van der Waals surface area (Å²) in [4.78, 5) is 2.63. The molecule has 2 rings (SSSR count). The van der Waals surface area contributed by atoms with E-state index in [0.29, 0.717) is 0 Å². The Bertz CT molecular complexity index is 350. The van der Waals surface area contributed by atoms with Crippen molar-refractivity contribution in [3.63, 3.8) is 0 Å². The second-order valence-corrected chi connectivity index (χ2v) is 5.96. The van der Waals surface area contributed by atoms with Crippen LogP contribution in [0.25, 0.3) is 0 Å². The van der Waals surface area contributed by atoms with E-state index < -0.39 is 0 Å². The van der Waals surface area contributed by atoms with Gasteiger partial charge < -0.3 is 5.32 Å². The van der Waals surface area contributed by atoms with Crippen molar-refractivity contribution >= 4 is 0 Å². The second-order valence-electron chi connectivity index (χ2n) is 5.96. The van der Waals surface area contributed by atoms with Crippen molar-refractivity contribution in [1.29, 1.82) is 0 Å². The summed E-state index contributed by atoms with van der Waals surface area (Å²) in [5, 5.41) is 3.38. The zero-order valence-electron chi connectivity index (χ0n) is 13.0. The summed E-state index contributed by atoms with van der Waals surface area (Å²) < 4.78 is 0. The van der Waals surface area contributed by atoms with E-state index in [2.05, 4.69) is 41.4 Å². The first-order chi connectivity index (χ1) is 9.88. The highest BCUT2D eigenvalue weighted by atomic mass is 15.1. The van der Waals surface area contributed by atoms with Gasteiger partial charge in [-0.25, -0.2) is 0 Å². The first-order valence-corrected chi connectivity index (χ1v) is 8.39. The minimum atomic E-state index is 1.06. The van der Waals surface area contributed by atoms with Crippen LogP contribution in [0.15, 0.2) is 24.3 Å². The Labute approximate surface area is 124 Å². The maximum atomic E-state index is 3.38. The van der Waals surface area contributed by atoms with E-state index in [1.807, 2.05) is 0 Å². The van der Waals surface area contributed by atoms with Crippen molar-refractivity contribution in [3.8, 4) is 0 Å². The highest BCUT2D eigenvalue weighted by Crippen LogP contribution is 2.14. The van der Waals surface area contributed by atoms with Crippen LogP contribution in [0.4, 0.5) is 0 Å². The average molecular weight is 274 g/mol. The molecule has 20 heavy (non-hydrogen) atoms. The molecule has 0 bridgehead atoms. The molecule has 0 aliphatic carbocycles. The monoisotopic (exact) mass is 274 g/mol. The number of likely N-dealkylation sites (tertiary alicyclic amines) is 1. The van der Waals surface area contributed by atoms with Crippen LogP contribution in [0, 0.1) is 0 Å². The third kappa shape index (κ3) is 5.64. The van der Waals surface area contributed by atoms with Gasteiger partial charge in [-0.2, -0.15) is 0 Å². The van der Waals surface area contributed by atoms with Crippen LogP contribution in [0.1, 0.15) is 50.2 Å². The molecule has 1 aromatic rings. The average Bonchev–Trinajstić information content (AvgIpc) is 2.44. The molecule has 1 fully saturated rings. The predicted octanol–water partition coefficient (Wildman–Crippen LogP) is 3.60. The Hall–Kier alpha value is -0.860. The highest BCUT2D eigenvalue weighted by Gasteiger charge is 2.08. The largest absolute Gasteiger partial charge is 0.317 e. The molecule has 0 unspecified atom stereocenters. The normalized spacial score (nSPS) is 17.6. The first kappa shape index (κ1) is 15.5. The smallest absolute Gasteiger partial charge is 0.0233 e. The van der Waals surface area contributed by atoms with Crippen molar-refractivity contribution in [2.45, 2.75) is 52.0 Å². The Morgan fingerprint density at radius 2 is 1.50 bits per heavy atom. The Morgan fingerprint density at radius 1 is 0.900 bits per heavy atom. The van der Waals surface area contributed by atoms with Gasteiger partial charge in [-0.15, -0.1) is 0 Å². The van der Waals surface area contributed by atoms with Gasteiger partial charge in [0.2, 0.25) is 0 Å². The zero-order valence-corrected chi connectivity index (χ0v) is 13.0. The summed E-state index contributed by atoms with van der Waals surface area (Å²) >= 11 is 0. The van der Waals surface area contributed by atoms with Gasteiger partial charge in [-0.05, 0) is 56.6 Å². The second kappa shape index (κ2) is 9.15. The Morgan fingerprint density at radius 3 is 2.15 bits per heavy atom. The predicted molar refractivity (Wildman–Crippen MR) is 87.1 cm³/mol. The van der Waals surface area contributed by atoms with Gasteiger partial charge in [0, 0.05) is 6.54 Å². The van der Waals surface area contributed by atoms with Gasteiger partial charge in [-0.1, -0.05) is 50.5 Å². The minimum absolute atomic E-state index is 1.06. The fourth-order valence-electron chi connectivity index (χ4n) is 2.95. The van der Waals surface area contributed by atoms with Crippen molar-refractivity contribution in [2.24, 2.45) is 0 Å². The van der Waals surface area contributed by atoms with Gasteiger partial charge in [0.25, 0.3) is 0 Å². The lowest BCUT2D eigenvalue weighted by atomic mass is 10.1. The van der Waals surface area contributed by atoms with E-state index in [9.17, 15) is 0 Å². The Balaban J connectivity index is 1.79. The number of hydrogen-bond acceptors (Lipinski definition) is 2. The molecule has 1 N–H and O–H groups in total. The summed E-state index contributed by atoms with van der Waals surface area (Å²) in [6.07, 6.45) is 8.16. The third-order valence-electron chi connectivity index (χ3n) is 4.22. The molecule has 112 valence electrons. The number of nitrogens with zero attached hydrogens (tertiary/aromatic N) is 1. The van der Waals surface area contributed by atoms with Gasteiger partial charge >= 0.3 is 0 Å². The highest BCUT2D eigenvalue weighted by molar-refractivity contribution is 5.22. The quantitative estimate of drug-likeness (QED) is 0.797. The zero-order chi connectivity index (χ0) is 14.0. The Kier molecular flexibility index (Phi) is 7.10. The van der Waals surface area contributed by atoms with Crippen LogP contribution in [-0.4, -0.2) is 31.1 Å². The van der Waals surface area contributed by atoms with E-state index in [1.165, 1.54) is 56.3 Å².